The Morgan fingerprint density at radius 1 is 1.22 bits per heavy atom. The number of hydrogen-bond acceptors (Lipinski definition) is 3. The lowest BCUT2D eigenvalue weighted by molar-refractivity contribution is -0.920. The normalized spacial score (nSPS) is 28.2. The number of rotatable bonds is 3. The van der Waals surface area contributed by atoms with Crippen LogP contribution < -0.4 is 15.5 Å². The van der Waals surface area contributed by atoms with Gasteiger partial charge in [0, 0.05) is 18.8 Å². The van der Waals surface area contributed by atoms with Crippen LogP contribution in [0.4, 0.5) is 5.69 Å². The van der Waals surface area contributed by atoms with Crippen LogP contribution in [0.25, 0.3) is 0 Å². The summed E-state index contributed by atoms with van der Waals surface area (Å²) in [5, 5.41) is 0. The number of piperidine rings is 1. The summed E-state index contributed by atoms with van der Waals surface area (Å²) in [6.07, 6.45) is 1.61. The van der Waals surface area contributed by atoms with Gasteiger partial charge in [-0.05, 0) is 18.6 Å². The number of aryl methyl sites for hydroxylation is 1. The summed E-state index contributed by atoms with van der Waals surface area (Å²) in [7, 11) is 0. The molecule has 3 N–H and O–H groups in total. The van der Waals surface area contributed by atoms with Gasteiger partial charge in [-0.1, -0.05) is 18.2 Å². The van der Waals surface area contributed by atoms with E-state index < -0.39 is 0 Å². The Morgan fingerprint density at radius 3 is 2.48 bits per heavy atom. The molecule has 1 atom stereocenters. The number of benzene rings is 1. The monoisotopic (exact) mass is 316 g/mol. The van der Waals surface area contributed by atoms with Gasteiger partial charge in [-0.3, -0.25) is 14.4 Å². The van der Waals surface area contributed by atoms with Crippen molar-refractivity contribution in [3.8, 4) is 0 Å². The fourth-order valence-electron chi connectivity index (χ4n) is 3.64. The van der Waals surface area contributed by atoms with Crippen molar-refractivity contribution in [3.05, 3.63) is 29.8 Å². The highest BCUT2D eigenvalue weighted by Crippen LogP contribution is 2.25. The molecule has 0 radical (unpaired) electrons. The number of nitrogens with one attached hydrogen (secondary N) is 1. The number of likely N-dealkylation sites (tertiary alicyclic amines) is 1. The Hall–Kier alpha value is -2.21. The van der Waals surface area contributed by atoms with E-state index in [1.165, 1.54) is 4.90 Å². The quantitative estimate of drug-likeness (QED) is 0.731. The molecular formula is C17H22N3O3+. The number of carbonyl (C=O) groups is 3. The lowest BCUT2D eigenvalue weighted by atomic mass is 9.95. The summed E-state index contributed by atoms with van der Waals surface area (Å²) in [6, 6.07) is 7.09. The molecular weight excluding hydrogens is 294 g/mol. The van der Waals surface area contributed by atoms with Gasteiger partial charge in [0.1, 0.15) is 0 Å². The summed E-state index contributed by atoms with van der Waals surface area (Å²) in [5.74, 6) is -0.631. The maximum Gasteiger partial charge on any atom is 0.292 e. The fraction of sp³-hybridized carbons (Fsp3) is 0.471. The third-order valence-corrected chi connectivity index (χ3v) is 5.03. The molecule has 1 aromatic carbocycles. The van der Waals surface area contributed by atoms with Gasteiger partial charge in [-0.2, -0.15) is 0 Å². The van der Waals surface area contributed by atoms with Crippen LogP contribution in [0.3, 0.4) is 0 Å². The van der Waals surface area contributed by atoms with Crippen LogP contribution in [0.1, 0.15) is 24.8 Å². The van der Waals surface area contributed by atoms with E-state index in [-0.39, 0.29) is 36.1 Å². The molecule has 3 rings (SSSR count). The van der Waals surface area contributed by atoms with Gasteiger partial charge >= 0.3 is 0 Å². The Morgan fingerprint density at radius 2 is 1.87 bits per heavy atom. The number of primary amides is 1. The van der Waals surface area contributed by atoms with Crippen LogP contribution in [0.2, 0.25) is 0 Å². The topological polar surface area (TPSA) is 84.9 Å². The summed E-state index contributed by atoms with van der Waals surface area (Å²) in [5.41, 5.74) is 6.94. The summed E-state index contributed by atoms with van der Waals surface area (Å²) < 4.78 is 0. The molecule has 0 unspecified atom stereocenters. The predicted octanol–water partition coefficient (Wildman–Crippen LogP) is -0.593. The van der Waals surface area contributed by atoms with Crippen LogP contribution >= 0.6 is 0 Å². The molecule has 23 heavy (non-hydrogen) atoms. The first-order valence-electron chi connectivity index (χ1n) is 8.05. The lowest BCUT2D eigenvalue weighted by Gasteiger charge is -2.30. The second kappa shape index (κ2) is 6.12. The zero-order valence-corrected chi connectivity index (χ0v) is 13.2. The zero-order valence-electron chi connectivity index (χ0n) is 13.2. The molecule has 0 aromatic heterocycles. The smallest absolute Gasteiger partial charge is 0.292 e. The highest BCUT2D eigenvalue weighted by atomic mass is 16.2. The van der Waals surface area contributed by atoms with Gasteiger partial charge < -0.3 is 10.6 Å². The minimum absolute atomic E-state index is 0.0987. The number of para-hydroxylation sites is 1. The molecule has 6 heteroatoms. The number of carbonyl (C=O) groups excluding carboxylic acids is 3. The standard InChI is InChI=1S/C17H21N3O3/c1-11-4-2-3-5-13(11)20-15(21)10-14(17(20)23)19-8-6-12(7-9-19)16(18)22/h2-5,12,14H,6-10H2,1H3,(H2,18,22)/p+1/t14-/m1/s1. The molecule has 1 aromatic rings. The zero-order chi connectivity index (χ0) is 16.6. The molecule has 122 valence electrons. The van der Waals surface area contributed by atoms with E-state index in [4.69, 9.17) is 5.73 Å². The average molecular weight is 316 g/mol. The molecule has 0 saturated carbocycles. The molecule has 0 aliphatic carbocycles. The van der Waals surface area contributed by atoms with Crippen molar-refractivity contribution in [3.63, 3.8) is 0 Å². The molecule has 6 nitrogen and oxygen atoms in total. The Labute approximate surface area is 135 Å². The van der Waals surface area contributed by atoms with Gasteiger partial charge in [0.2, 0.25) is 11.8 Å². The highest BCUT2D eigenvalue weighted by molar-refractivity contribution is 6.22. The molecule has 0 spiro atoms. The third-order valence-electron chi connectivity index (χ3n) is 5.03. The number of quaternary nitrogens is 1. The maximum atomic E-state index is 12.8. The van der Waals surface area contributed by atoms with Crippen molar-refractivity contribution in [2.45, 2.75) is 32.2 Å². The largest absolute Gasteiger partial charge is 0.369 e. The van der Waals surface area contributed by atoms with Gasteiger partial charge in [0.05, 0.1) is 25.2 Å². The summed E-state index contributed by atoms with van der Waals surface area (Å²) in [4.78, 5) is 38.8. The highest BCUT2D eigenvalue weighted by Gasteiger charge is 2.47. The van der Waals surface area contributed by atoms with Crippen LogP contribution in [-0.2, 0) is 14.4 Å². The van der Waals surface area contributed by atoms with Crippen LogP contribution in [0.5, 0.6) is 0 Å². The Bertz CT molecular complexity index is 650. The van der Waals surface area contributed by atoms with E-state index in [0.29, 0.717) is 31.6 Å². The lowest BCUT2D eigenvalue weighted by Crippen LogP contribution is -3.17. The van der Waals surface area contributed by atoms with Gasteiger partial charge in [-0.25, -0.2) is 4.90 Å². The van der Waals surface area contributed by atoms with Crippen molar-refractivity contribution >= 4 is 23.4 Å². The van der Waals surface area contributed by atoms with E-state index in [1.807, 2.05) is 31.2 Å². The second-order valence-corrected chi connectivity index (χ2v) is 6.45. The first-order chi connectivity index (χ1) is 11.0. The van der Waals surface area contributed by atoms with Crippen LogP contribution in [-0.4, -0.2) is 36.9 Å². The predicted molar refractivity (Wildman–Crippen MR) is 84.7 cm³/mol. The van der Waals surface area contributed by atoms with Crippen molar-refractivity contribution in [1.29, 1.82) is 0 Å². The average Bonchev–Trinajstić information content (AvgIpc) is 2.83. The van der Waals surface area contributed by atoms with E-state index in [1.54, 1.807) is 0 Å². The van der Waals surface area contributed by atoms with E-state index in [2.05, 4.69) is 0 Å². The maximum absolute atomic E-state index is 12.8. The Kier molecular flexibility index (Phi) is 4.17. The first kappa shape index (κ1) is 15.7. The molecule has 2 fully saturated rings. The minimum Gasteiger partial charge on any atom is -0.369 e. The molecule has 2 saturated heterocycles. The van der Waals surface area contributed by atoms with Crippen molar-refractivity contribution in [2.24, 2.45) is 11.7 Å². The molecule has 2 aliphatic heterocycles. The number of anilines is 1. The number of imide groups is 1. The number of nitrogens with zero attached hydrogens (tertiary/aromatic N) is 1. The van der Waals surface area contributed by atoms with Crippen molar-refractivity contribution in [1.82, 2.24) is 0 Å². The second-order valence-electron chi connectivity index (χ2n) is 6.45. The van der Waals surface area contributed by atoms with E-state index in [9.17, 15) is 14.4 Å². The van der Waals surface area contributed by atoms with Gasteiger partial charge in [0.25, 0.3) is 5.91 Å². The van der Waals surface area contributed by atoms with E-state index in [0.717, 1.165) is 10.5 Å². The molecule has 2 heterocycles. The van der Waals surface area contributed by atoms with Crippen molar-refractivity contribution in [2.75, 3.05) is 18.0 Å². The number of hydrogen-bond donors (Lipinski definition) is 2. The SMILES string of the molecule is Cc1ccccc1N1C(=O)C[C@@H]([NH+]2CCC(C(N)=O)CC2)C1=O. The minimum atomic E-state index is -0.337. The molecule has 3 amide bonds. The van der Waals surface area contributed by atoms with Crippen LogP contribution in [0.15, 0.2) is 24.3 Å². The molecule has 2 aliphatic rings. The first-order valence-corrected chi connectivity index (χ1v) is 8.05. The number of amides is 3. The van der Waals surface area contributed by atoms with E-state index >= 15 is 0 Å². The van der Waals surface area contributed by atoms with Crippen LogP contribution in [0, 0.1) is 12.8 Å². The third kappa shape index (κ3) is 2.86. The summed E-state index contributed by atoms with van der Waals surface area (Å²) in [6.45, 7) is 3.31. The Balaban J connectivity index is 1.75. The number of nitrogens with two attached hydrogens (primary N) is 1. The fourth-order valence-corrected chi connectivity index (χ4v) is 3.64. The summed E-state index contributed by atoms with van der Waals surface area (Å²) >= 11 is 0. The van der Waals surface area contributed by atoms with Crippen molar-refractivity contribution < 1.29 is 19.3 Å². The van der Waals surface area contributed by atoms with Gasteiger partial charge in [0.15, 0.2) is 6.04 Å². The van der Waals surface area contributed by atoms with Gasteiger partial charge in [-0.15, -0.1) is 0 Å². The molecule has 0 bridgehead atoms.